The summed E-state index contributed by atoms with van der Waals surface area (Å²) in [7, 11) is 0. The Labute approximate surface area is 133 Å². The van der Waals surface area contributed by atoms with Gasteiger partial charge in [-0.3, -0.25) is 0 Å². The Bertz CT molecular complexity index is 727. The van der Waals surface area contributed by atoms with Crippen LogP contribution in [0.4, 0.5) is 0 Å². The van der Waals surface area contributed by atoms with Gasteiger partial charge in [-0.2, -0.15) is 0 Å². The van der Waals surface area contributed by atoms with Crippen molar-refractivity contribution >= 4 is 0 Å². The maximum absolute atomic E-state index is 10.3. The van der Waals surface area contributed by atoms with Gasteiger partial charge < -0.3 is 29.9 Å². The highest BCUT2D eigenvalue weighted by molar-refractivity contribution is 5.52. The smallest absolute Gasteiger partial charge is 0.160 e. The van der Waals surface area contributed by atoms with E-state index in [0.29, 0.717) is 29.2 Å². The summed E-state index contributed by atoms with van der Waals surface area (Å²) in [5, 5.41) is 39.7. The summed E-state index contributed by atoms with van der Waals surface area (Å²) >= 11 is 0. The summed E-state index contributed by atoms with van der Waals surface area (Å²) < 4.78 is 11.0. The Kier molecular flexibility index (Phi) is 3.92. The summed E-state index contributed by atoms with van der Waals surface area (Å²) in [6, 6.07) is 7.39. The highest BCUT2D eigenvalue weighted by Crippen LogP contribution is 2.42. The molecule has 0 aromatic heterocycles. The summed E-state index contributed by atoms with van der Waals surface area (Å²) in [5.41, 5.74) is 1.02. The van der Waals surface area contributed by atoms with Crippen molar-refractivity contribution in [2.45, 2.75) is 25.6 Å². The molecule has 0 amide bonds. The topological polar surface area (TPSA) is 99.4 Å². The number of hydrogen-bond donors (Lipinski definition) is 4. The molecule has 0 aliphatic carbocycles. The van der Waals surface area contributed by atoms with Crippen molar-refractivity contribution in [2.75, 3.05) is 6.61 Å². The van der Waals surface area contributed by atoms with Gasteiger partial charge in [-0.1, -0.05) is 6.07 Å². The zero-order valence-corrected chi connectivity index (χ0v) is 12.6. The Morgan fingerprint density at radius 3 is 2.61 bits per heavy atom. The van der Waals surface area contributed by atoms with Gasteiger partial charge >= 0.3 is 0 Å². The lowest BCUT2D eigenvalue weighted by Gasteiger charge is -2.31. The standard InChI is InChI=1S/C17H18O6/c1-2-22-15-4-3-9(5-13(15)20)17-14(21)8-11-12(19)6-10(18)7-16(11)23-17/h3-7,14,17-21H,2,8H2,1H3/t14-,17-/m1/s1. The number of aliphatic hydroxyl groups is 1. The van der Waals surface area contributed by atoms with E-state index in [-0.39, 0.29) is 23.7 Å². The van der Waals surface area contributed by atoms with Crippen molar-refractivity contribution in [2.24, 2.45) is 0 Å². The van der Waals surface area contributed by atoms with Gasteiger partial charge in [0.1, 0.15) is 23.4 Å². The highest BCUT2D eigenvalue weighted by atomic mass is 16.5. The van der Waals surface area contributed by atoms with Crippen LogP contribution in [0.2, 0.25) is 0 Å². The van der Waals surface area contributed by atoms with Gasteiger partial charge in [-0.05, 0) is 24.6 Å². The molecule has 23 heavy (non-hydrogen) atoms. The van der Waals surface area contributed by atoms with E-state index in [1.165, 1.54) is 18.2 Å². The van der Waals surface area contributed by atoms with E-state index in [2.05, 4.69) is 0 Å². The second-order valence-electron chi connectivity index (χ2n) is 5.41. The molecule has 0 spiro atoms. The van der Waals surface area contributed by atoms with Crippen LogP contribution in [-0.2, 0) is 6.42 Å². The molecular weight excluding hydrogens is 300 g/mol. The number of aromatic hydroxyl groups is 3. The molecular formula is C17H18O6. The lowest BCUT2D eigenvalue weighted by atomic mass is 9.94. The molecule has 6 nitrogen and oxygen atoms in total. The summed E-state index contributed by atoms with van der Waals surface area (Å²) in [6.07, 6.45) is -1.43. The third-order valence-corrected chi connectivity index (χ3v) is 3.80. The van der Waals surface area contributed by atoms with Gasteiger partial charge in [0.15, 0.2) is 11.5 Å². The average molecular weight is 318 g/mol. The van der Waals surface area contributed by atoms with Crippen LogP contribution >= 0.6 is 0 Å². The van der Waals surface area contributed by atoms with E-state index in [1.54, 1.807) is 12.1 Å². The first kappa shape index (κ1) is 15.3. The predicted octanol–water partition coefficient (Wildman–Crippen LogP) is 2.24. The van der Waals surface area contributed by atoms with Gasteiger partial charge in [0.05, 0.1) is 12.7 Å². The number of phenolic OH excluding ortho intramolecular Hbond substituents is 3. The third-order valence-electron chi connectivity index (χ3n) is 3.80. The zero-order valence-electron chi connectivity index (χ0n) is 12.6. The van der Waals surface area contributed by atoms with Gasteiger partial charge in [-0.25, -0.2) is 0 Å². The Hall–Kier alpha value is -2.60. The molecule has 0 radical (unpaired) electrons. The molecule has 2 aromatic rings. The van der Waals surface area contributed by atoms with E-state index in [9.17, 15) is 20.4 Å². The minimum absolute atomic E-state index is 0.0373. The first-order chi connectivity index (χ1) is 11.0. The number of aliphatic hydroxyl groups excluding tert-OH is 1. The van der Waals surface area contributed by atoms with Crippen LogP contribution < -0.4 is 9.47 Å². The zero-order chi connectivity index (χ0) is 16.6. The number of ether oxygens (including phenoxy) is 2. The fourth-order valence-electron chi connectivity index (χ4n) is 2.74. The van der Waals surface area contributed by atoms with Gasteiger partial charge in [-0.15, -0.1) is 0 Å². The van der Waals surface area contributed by atoms with Gasteiger partial charge in [0.25, 0.3) is 0 Å². The minimum Gasteiger partial charge on any atom is -0.508 e. The second-order valence-corrected chi connectivity index (χ2v) is 5.41. The van der Waals surface area contributed by atoms with E-state index in [4.69, 9.17) is 9.47 Å². The number of hydrogen-bond acceptors (Lipinski definition) is 6. The number of rotatable bonds is 3. The molecule has 1 heterocycles. The number of fused-ring (bicyclic) bond motifs is 1. The maximum Gasteiger partial charge on any atom is 0.160 e. The molecule has 0 saturated heterocycles. The normalized spacial score (nSPS) is 19.7. The van der Waals surface area contributed by atoms with Crippen LogP contribution in [-0.4, -0.2) is 33.1 Å². The van der Waals surface area contributed by atoms with E-state index in [1.807, 2.05) is 6.92 Å². The van der Waals surface area contributed by atoms with Crippen LogP contribution in [0, 0.1) is 0 Å². The minimum atomic E-state index is -0.893. The monoisotopic (exact) mass is 318 g/mol. The second kappa shape index (κ2) is 5.89. The molecule has 1 aliphatic heterocycles. The molecule has 0 bridgehead atoms. The molecule has 2 atom stereocenters. The van der Waals surface area contributed by atoms with Crippen molar-refractivity contribution in [1.29, 1.82) is 0 Å². The number of phenols is 3. The first-order valence-corrected chi connectivity index (χ1v) is 7.35. The fraction of sp³-hybridized carbons (Fsp3) is 0.294. The molecule has 6 heteroatoms. The average Bonchev–Trinajstić information content (AvgIpc) is 2.50. The van der Waals surface area contributed by atoms with Crippen molar-refractivity contribution < 1.29 is 29.9 Å². The van der Waals surface area contributed by atoms with Crippen LogP contribution in [0.5, 0.6) is 28.7 Å². The molecule has 0 saturated carbocycles. The lowest BCUT2D eigenvalue weighted by molar-refractivity contribution is 0.0197. The van der Waals surface area contributed by atoms with E-state index < -0.39 is 12.2 Å². The lowest BCUT2D eigenvalue weighted by Crippen LogP contribution is -2.30. The van der Waals surface area contributed by atoms with Crippen molar-refractivity contribution in [3.63, 3.8) is 0 Å². The predicted molar refractivity (Wildman–Crippen MR) is 82.1 cm³/mol. The Morgan fingerprint density at radius 1 is 1.13 bits per heavy atom. The Balaban J connectivity index is 1.93. The molecule has 4 N–H and O–H groups in total. The van der Waals surface area contributed by atoms with E-state index in [0.717, 1.165) is 0 Å². The van der Waals surface area contributed by atoms with Crippen molar-refractivity contribution in [3.8, 4) is 28.7 Å². The Morgan fingerprint density at radius 2 is 1.91 bits per heavy atom. The summed E-state index contributed by atoms with van der Waals surface area (Å²) in [5.74, 6) is 0.395. The molecule has 1 aliphatic rings. The van der Waals surface area contributed by atoms with Crippen LogP contribution in [0.1, 0.15) is 24.2 Å². The molecule has 0 unspecified atom stereocenters. The van der Waals surface area contributed by atoms with Gasteiger partial charge in [0, 0.05) is 24.1 Å². The number of benzene rings is 2. The quantitative estimate of drug-likeness (QED) is 0.693. The fourth-order valence-corrected chi connectivity index (χ4v) is 2.74. The maximum atomic E-state index is 10.3. The third kappa shape index (κ3) is 2.85. The summed E-state index contributed by atoms with van der Waals surface area (Å²) in [4.78, 5) is 0. The van der Waals surface area contributed by atoms with Gasteiger partial charge in [0.2, 0.25) is 0 Å². The first-order valence-electron chi connectivity index (χ1n) is 7.35. The molecule has 2 aromatic carbocycles. The molecule has 122 valence electrons. The molecule has 3 rings (SSSR count). The van der Waals surface area contributed by atoms with E-state index >= 15 is 0 Å². The van der Waals surface area contributed by atoms with Crippen LogP contribution in [0.15, 0.2) is 30.3 Å². The summed E-state index contributed by atoms with van der Waals surface area (Å²) in [6.45, 7) is 2.25. The van der Waals surface area contributed by atoms with Crippen molar-refractivity contribution in [1.82, 2.24) is 0 Å². The van der Waals surface area contributed by atoms with Crippen LogP contribution in [0.25, 0.3) is 0 Å². The highest BCUT2D eigenvalue weighted by Gasteiger charge is 2.32. The van der Waals surface area contributed by atoms with Crippen LogP contribution in [0.3, 0.4) is 0 Å². The molecule has 0 fully saturated rings. The van der Waals surface area contributed by atoms with Crippen molar-refractivity contribution in [3.05, 3.63) is 41.5 Å². The SMILES string of the molecule is CCOc1ccc([C@H]2Oc3cc(O)cc(O)c3C[C@H]2O)cc1O. The largest absolute Gasteiger partial charge is 0.508 e.